The first-order chi connectivity index (χ1) is 20.6. The summed E-state index contributed by atoms with van der Waals surface area (Å²) in [6.45, 7) is -0.916. The second-order valence-corrected chi connectivity index (χ2v) is 10.4. The Balaban J connectivity index is 1.32. The molecular formula is C29H28O14. The predicted octanol–water partition coefficient (Wildman–Crippen LogP) is -0.0368. The van der Waals surface area contributed by atoms with Crippen LogP contribution >= 0.6 is 0 Å². The summed E-state index contributed by atoms with van der Waals surface area (Å²) in [5.74, 6) is 4.74. The Bertz CT molecular complexity index is 1510. The molecule has 14 nitrogen and oxygen atoms in total. The number of carboxylic acids is 1. The van der Waals surface area contributed by atoms with Crippen LogP contribution in [0.15, 0.2) is 24.3 Å². The number of rotatable bonds is 7. The molecule has 1 fully saturated rings. The van der Waals surface area contributed by atoms with Crippen molar-refractivity contribution in [1.29, 1.82) is 0 Å². The lowest BCUT2D eigenvalue weighted by atomic mass is 9.81. The van der Waals surface area contributed by atoms with E-state index in [0.29, 0.717) is 34.1 Å². The summed E-state index contributed by atoms with van der Waals surface area (Å²) in [7, 11) is 1.47. The molecule has 0 radical (unpaired) electrons. The van der Waals surface area contributed by atoms with Crippen molar-refractivity contribution in [3.05, 3.63) is 41.0 Å². The van der Waals surface area contributed by atoms with Crippen LogP contribution in [0.2, 0.25) is 0 Å². The molecular weight excluding hydrogens is 572 g/mol. The third-order valence-electron chi connectivity index (χ3n) is 7.88. The lowest BCUT2D eigenvalue weighted by Crippen LogP contribution is -2.68. The first kappa shape index (κ1) is 28.8. The van der Waals surface area contributed by atoms with Crippen LogP contribution in [-0.2, 0) is 19.1 Å². The molecule has 2 aromatic carbocycles. The van der Waals surface area contributed by atoms with Gasteiger partial charge in [-0.2, -0.15) is 0 Å². The first-order valence-corrected chi connectivity index (χ1v) is 13.3. The van der Waals surface area contributed by atoms with Gasteiger partial charge >= 0.3 is 11.9 Å². The summed E-state index contributed by atoms with van der Waals surface area (Å²) in [5.41, 5.74) is -0.331. The summed E-state index contributed by atoms with van der Waals surface area (Å²) >= 11 is 0. The largest absolute Gasteiger partial charge is 0.492 e. The highest BCUT2D eigenvalue weighted by atomic mass is 16.7. The zero-order valence-corrected chi connectivity index (χ0v) is 22.7. The summed E-state index contributed by atoms with van der Waals surface area (Å²) in [6, 6.07) is 6.78. The van der Waals surface area contributed by atoms with Gasteiger partial charge in [0.25, 0.3) is 0 Å². The number of aliphatic hydroxyl groups is 4. The molecule has 2 bridgehead atoms. The van der Waals surface area contributed by atoms with Crippen molar-refractivity contribution >= 4 is 11.9 Å². The van der Waals surface area contributed by atoms with E-state index in [1.807, 2.05) is 6.07 Å². The number of carbonyl (C=O) groups excluding carboxylic acids is 1. The van der Waals surface area contributed by atoms with Gasteiger partial charge in [-0.1, -0.05) is 17.9 Å². The standard InChI is InChI=1S/C29H28O14/c1-37-26-17(40-12-30)5-4-14-16-10-38-19-8-18-13(7-15(19)24(16)43-25(14)26)3-2-6-29(36)20(11-39-22(33)9-21(31)32)42-28(41-18)23(34)27(29)35/h4-5,7-8,16,20,23-24,27-28,30,34-36H,6,9-12H2,1H3,(H,31,32)/t16-,20+,23+,24-,27+,28+,29+/m0/s1. The van der Waals surface area contributed by atoms with E-state index in [0.717, 1.165) is 5.56 Å². The summed E-state index contributed by atoms with van der Waals surface area (Å²) in [6.07, 6.45) is -8.25. The van der Waals surface area contributed by atoms with Crippen molar-refractivity contribution in [1.82, 2.24) is 0 Å². The number of benzene rings is 2. The summed E-state index contributed by atoms with van der Waals surface area (Å²) in [5, 5.41) is 51.0. The van der Waals surface area contributed by atoms with E-state index in [1.54, 1.807) is 18.2 Å². The average Bonchev–Trinajstić information content (AvgIpc) is 3.36. The maximum absolute atomic E-state index is 11.8. The minimum Gasteiger partial charge on any atom is -0.492 e. The summed E-state index contributed by atoms with van der Waals surface area (Å²) < 4.78 is 39.8. The van der Waals surface area contributed by atoms with E-state index < -0.39 is 74.5 Å². The number of hydrogen-bond acceptors (Lipinski definition) is 13. The van der Waals surface area contributed by atoms with Crippen molar-refractivity contribution in [2.24, 2.45) is 0 Å². The van der Waals surface area contributed by atoms with Crippen molar-refractivity contribution in [2.45, 2.75) is 55.1 Å². The van der Waals surface area contributed by atoms with Crippen molar-refractivity contribution in [3.8, 4) is 40.6 Å². The van der Waals surface area contributed by atoms with Gasteiger partial charge < -0.3 is 58.7 Å². The van der Waals surface area contributed by atoms with E-state index in [9.17, 15) is 30.0 Å². The number of hydrogen-bond donors (Lipinski definition) is 5. The Kier molecular flexibility index (Phi) is 7.45. The molecule has 0 unspecified atom stereocenters. The number of carboxylic acid groups (broad SMARTS) is 1. The number of fused-ring (bicyclic) bond motifs is 8. The zero-order valence-electron chi connectivity index (χ0n) is 22.7. The molecule has 14 heteroatoms. The minimum atomic E-state index is -2.18. The SMILES string of the molecule is COc1c(OCO)ccc2c1O[C@H]1c3cc4c(cc3OC[C@@H]21)O[C@@H]1O[C@H](COC(=O)CC(=O)O)[C@](O)(CC#C4)[C@H](O)[C@H]1O. The van der Waals surface area contributed by atoms with Crippen molar-refractivity contribution in [3.63, 3.8) is 0 Å². The fourth-order valence-corrected chi connectivity index (χ4v) is 5.72. The molecule has 7 atom stereocenters. The number of aliphatic hydroxyl groups excluding tert-OH is 3. The minimum absolute atomic E-state index is 0.154. The molecule has 5 N–H and O–H groups in total. The Labute approximate surface area is 244 Å². The second-order valence-electron chi connectivity index (χ2n) is 10.4. The van der Waals surface area contributed by atoms with Gasteiger partial charge in [0.1, 0.15) is 54.5 Å². The van der Waals surface area contributed by atoms with Crippen LogP contribution in [0.3, 0.4) is 0 Å². The Morgan fingerprint density at radius 2 is 1.95 bits per heavy atom. The molecule has 0 saturated carbocycles. The van der Waals surface area contributed by atoms with Crippen LogP contribution in [0.25, 0.3) is 0 Å². The smallest absolute Gasteiger partial charge is 0.317 e. The van der Waals surface area contributed by atoms with Crippen molar-refractivity contribution in [2.75, 3.05) is 27.1 Å². The highest BCUT2D eigenvalue weighted by Gasteiger charge is 2.56. The molecule has 1 saturated heterocycles. The molecule has 2 aromatic rings. The Morgan fingerprint density at radius 1 is 1.14 bits per heavy atom. The van der Waals surface area contributed by atoms with Gasteiger partial charge in [0.05, 0.1) is 25.2 Å². The van der Waals surface area contributed by atoms with Gasteiger partial charge in [-0.05, 0) is 12.1 Å². The number of methoxy groups -OCH3 is 1. The maximum Gasteiger partial charge on any atom is 0.317 e. The van der Waals surface area contributed by atoms with E-state index in [4.69, 9.17) is 38.3 Å². The number of esters is 1. The number of carbonyl (C=O) groups is 2. The van der Waals surface area contributed by atoms with Crippen LogP contribution < -0.4 is 23.7 Å². The molecule has 228 valence electrons. The topological polar surface area (TPSA) is 200 Å². The average molecular weight is 601 g/mol. The van der Waals surface area contributed by atoms with Crippen LogP contribution in [0.5, 0.6) is 28.7 Å². The van der Waals surface area contributed by atoms with Crippen molar-refractivity contribution < 1.29 is 68.3 Å². The maximum atomic E-state index is 11.8. The normalized spacial score (nSPS) is 29.5. The van der Waals surface area contributed by atoms with E-state index in [2.05, 4.69) is 11.8 Å². The van der Waals surface area contributed by atoms with Gasteiger partial charge in [-0.25, -0.2) is 0 Å². The van der Waals surface area contributed by atoms with Crippen LogP contribution in [0, 0.1) is 11.8 Å². The molecule has 5 aliphatic rings. The second kappa shape index (κ2) is 11.1. The molecule has 7 rings (SSSR count). The molecule has 0 spiro atoms. The Hall–Kier alpha value is -4.26. The van der Waals surface area contributed by atoms with Gasteiger partial charge in [0.15, 0.2) is 18.3 Å². The molecule has 43 heavy (non-hydrogen) atoms. The summed E-state index contributed by atoms with van der Waals surface area (Å²) in [4.78, 5) is 22.6. The third-order valence-corrected chi connectivity index (χ3v) is 7.88. The van der Waals surface area contributed by atoms with Gasteiger partial charge in [-0.15, -0.1) is 0 Å². The van der Waals surface area contributed by atoms with Crippen LogP contribution in [0.4, 0.5) is 0 Å². The van der Waals surface area contributed by atoms with Crippen LogP contribution in [-0.4, -0.2) is 94.8 Å². The molecule has 5 aliphatic heterocycles. The van der Waals surface area contributed by atoms with Gasteiger partial charge in [-0.3, -0.25) is 9.59 Å². The van der Waals surface area contributed by atoms with Gasteiger partial charge in [0, 0.05) is 23.6 Å². The molecule has 0 amide bonds. The third kappa shape index (κ3) is 4.94. The van der Waals surface area contributed by atoms with E-state index >= 15 is 0 Å². The Morgan fingerprint density at radius 3 is 2.70 bits per heavy atom. The van der Waals surface area contributed by atoms with E-state index in [-0.39, 0.29) is 18.3 Å². The lowest BCUT2D eigenvalue weighted by Gasteiger charge is -2.47. The highest BCUT2D eigenvalue weighted by molar-refractivity contribution is 5.90. The quantitative estimate of drug-likeness (QED) is 0.123. The monoisotopic (exact) mass is 600 g/mol. The molecule has 0 aromatic heterocycles. The zero-order chi connectivity index (χ0) is 30.5. The fraction of sp³-hybridized carbons (Fsp3) is 0.448. The highest BCUT2D eigenvalue weighted by Crippen LogP contribution is 2.56. The number of ether oxygens (including phenoxy) is 7. The predicted molar refractivity (Wildman–Crippen MR) is 140 cm³/mol. The van der Waals surface area contributed by atoms with Crippen LogP contribution in [0.1, 0.15) is 41.6 Å². The molecule has 5 heterocycles. The van der Waals surface area contributed by atoms with Gasteiger partial charge in [0.2, 0.25) is 12.0 Å². The first-order valence-electron chi connectivity index (χ1n) is 13.3. The van der Waals surface area contributed by atoms with E-state index in [1.165, 1.54) is 7.11 Å². The lowest BCUT2D eigenvalue weighted by molar-refractivity contribution is -0.312. The number of aliphatic carboxylic acids is 1. The molecule has 0 aliphatic carbocycles. The fourth-order valence-electron chi connectivity index (χ4n) is 5.72.